The normalized spacial score (nSPS) is 19.8. The molecule has 4 heteroatoms. The van der Waals surface area contributed by atoms with Crippen LogP contribution in [0.25, 0.3) is 0 Å². The molecule has 90 valence electrons. The fourth-order valence-corrected chi connectivity index (χ4v) is 2.98. The van der Waals surface area contributed by atoms with Crippen molar-refractivity contribution in [3.05, 3.63) is 16.4 Å². The molecule has 0 aromatic carbocycles. The monoisotopic (exact) mass is 286 g/mol. The molecule has 1 aromatic heterocycles. The second-order valence-electron chi connectivity index (χ2n) is 4.99. The van der Waals surface area contributed by atoms with Crippen LogP contribution >= 0.6 is 15.9 Å². The van der Waals surface area contributed by atoms with Gasteiger partial charge in [-0.15, -0.1) is 0 Å². The largest absolute Gasteiger partial charge is 0.384 e. The second kappa shape index (κ2) is 4.49. The van der Waals surface area contributed by atoms with Crippen molar-refractivity contribution >= 4 is 15.9 Å². The molecule has 3 nitrogen and oxygen atoms in total. The van der Waals surface area contributed by atoms with Gasteiger partial charge in [-0.05, 0) is 41.6 Å². The quantitative estimate of drug-likeness (QED) is 0.903. The van der Waals surface area contributed by atoms with E-state index in [1.54, 1.807) is 6.20 Å². The number of rotatable bonds is 5. The number of aliphatic hydroxyl groups is 1. The van der Waals surface area contributed by atoms with Crippen molar-refractivity contribution < 1.29 is 5.11 Å². The van der Waals surface area contributed by atoms with Crippen molar-refractivity contribution in [1.82, 2.24) is 9.78 Å². The Balaban J connectivity index is 2.24. The van der Waals surface area contributed by atoms with Gasteiger partial charge in [0.05, 0.1) is 16.4 Å². The zero-order valence-corrected chi connectivity index (χ0v) is 11.5. The standard InChI is InChI=1S/C12H19BrN2O/c1-3-6-15-11(10(13)8-14-15)12(2,16)7-9-4-5-9/h8-9,16H,3-7H2,1-2H3. The Labute approximate surface area is 105 Å². The highest BCUT2D eigenvalue weighted by Gasteiger charge is 2.36. The third kappa shape index (κ3) is 2.48. The van der Waals surface area contributed by atoms with Crippen molar-refractivity contribution in [2.24, 2.45) is 5.92 Å². The first kappa shape index (κ1) is 12.1. The molecule has 0 spiro atoms. The Kier molecular flexibility index (Phi) is 3.40. The average Bonchev–Trinajstić information content (AvgIpc) is 2.89. The summed E-state index contributed by atoms with van der Waals surface area (Å²) >= 11 is 3.49. The molecule has 0 bridgehead atoms. The van der Waals surface area contributed by atoms with Crippen molar-refractivity contribution in [1.29, 1.82) is 0 Å². The van der Waals surface area contributed by atoms with Gasteiger partial charge in [0.2, 0.25) is 0 Å². The molecule has 0 aliphatic heterocycles. The molecule has 1 fully saturated rings. The number of aryl methyl sites for hydroxylation is 1. The maximum Gasteiger partial charge on any atom is 0.105 e. The number of aromatic nitrogens is 2. The average molecular weight is 287 g/mol. The maximum atomic E-state index is 10.6. The molecule has 1 heterocycles. The first-order chi connectivity index (χ1) is 7.54. The summed E-state index contributed by atoms with van der Waals surface area (Å²) in [6.07, 6.45) is 6.18. The minimum absolute atomic E-state index is 0.701. The van der Waals surface area contributed by atoms with Gasteiger partial charge in [-0.25, -0.2) is 0 Å². The molecule has 0 amide bonds. The molecule has 0 radical (unpaired) electrons. The number of halogens is 1. The van der Waals surface area contributed by atoms with Gasteiger partial charge in [-0.2, -0.15) is 5.10 Å². The lowest BCUT2D eigenvalue weighted by molar-refractivity contribution is 0.0316. The lowest BCUT2D eigenvalue weighted by Crippen LogP contribution is -2.26. The molecule has 1 unspecified atom stereocenters. The van der Waals surface area contributed by atoms with E-state index in [1.807, 2.05) is 11.6 Å². The molecular formula is C12H19BrN2O. The second-order valence-corrected chi connectivity index (χ2v) is 5.84. The molecule has 0 saturated heterocycles. The molecule has 1 N–H and O–H groups in total. The number of hydrogen-bond donors (Lipinski definition) is 1. The van der Waals surface area contributed by atoms with Gasteiger partial charge >= 0.3 is 0 Å². The zero-order valence-electron chi connectivity index (χ0n) is 9.91. The molecular weight excluding hydrogens is 268 g/mol. The predicted octanol–water partition coefficient (Wildman–Crippen LogP) is 3.06. The van der Waals surface area contributed by atoms with Crippen molar-refractivity contribution in [2.45, 2.75) is 51.7 Å². The van der Waals surface area contributed by atoms with E-state index in [0.29, 0.717) is 5.92 Å². The van der Waals surface area contributed by atoms with Crippen molar-refractivity contribution in [3.8, 4) is 0 Å². The van der Waals surface area contributed by atoms with Crippen LogP contribution < -0.4 is 0 Å². The number of hydrogen-bond acceptors (Lipinski definition) is 2. The Morgan fingerprint density at radius 2 is 2.31 bits per heavy atom. The van der Waals surface area contributed by atoms with Crippen LogP contribution in [0.15, 0.2) is 10.7 Å². The van der Waals surface area contributed by atoms with Crippen molar-refractivity contribution in [2.75, 3.05) is 0 Å². The predicted molar refractivity (Wildman–Crippen MR) is 67.1 cm³/mol. The van der Waals surface area contributed by atoms with Gasteiger partial charge in [0.1, 0.15) is 5.60 Å². The highest BCUT2D eigenvalue weighted by molar-refractivity contribution is 9.10. The highest BCUT2D eigenvalue weighted by atomic mass is 79.9. The van der Waals surface area contributed by atoms with E-state index in [-0.39, 0.29) is 0 Å². The summed E-state index contributed by atoms with van der Waals surface area (Å²) in [5.74, 6) is 0.701. The zero-order chi connectivity index (χ0) is 11.8. The Bertz CT molecular complexity index is 369. The molecule has 1 aliphatic rings. The van der Waals surface area contributed by atoms with Gasteiger partial charge in [-0.3, -0.25) is 4.68 Å². The van der Waals surface area contributed by atoms with Crippen LogP contribution in [0.2, 0.25) is 0 Å². The molecule has 16 heavy (non-hydrogen) atoms. The third-order valence-corrected chi connectivity index (χ3v) is 3.70. The fourth-order valence-electron chi connectivity index (χ4n) is 2.26. The summed E-state index contributed by atoms with van der Waals surface area (Å²) in [6, 6.07) is 0. The van der Waals surface area contributed by atoms with E-state index < -0.39 is 5.60 Å². The molecule has 1 aliphatic carbocycles. The van der Waals surface area contributed by atoms with Crippen LogP contribution in [0.3, 0.4) is 0 Å². The van der Waals surface area contributed by atoms with Crippen LogP contribution in [0.4, 0.5) is 0 Å². The van der Waals surface area contributed by atoms with E-state index >= 15 is 0 Å². The van der Waals surface area contributed by atoms with Gasteiger partial charge < -0.3 is 5.11 Å². The third-order valence-electron chi connectivity index (χ3n) is 3.12. The van der Waals surface area contributed by atoms with Crippen molar-refractivity contribution in [3.63, 3.8) is 0 Å². The van der Waals surface area contributed by atoms with E-state index in [0.717, 1.165) is 29.6 Å². The lowest BCUT2D eigenvalue weighted by atomic mass is 9.95. The highest BCUT2D eigenvalue weighted by Crippen LogP contribution is 2.42. The smallest absolute Gasteiger partial charge is 0.105 e. The van der Waals surface area contributed by atoms with Crippen LogP contribution in [0.1, 0.15) is 45.2 Å². The summed E-state index contributed by atoms with van der Waals surface area (Å²) in [5.41, 5.74) is 0.173. The summed E-state index contributed by atoms with van der Waals surface area (Å²) in [5, 5.41) is 14.9. The first-order valence-electron chi connectivity index (χ1n) is 5.98. The fraction of sp³-hybridized carbons (Fsp3) is 0.750. The van der Waals surface area contributed by atoms with Gasteiger partial charge in [0.25, 0.3) is 0 Å². The van der Waals surface area contributed by atoms with Crippen LogP contribution in [0.5, 0.6) is 0 Å². The van der Waals surface area contributed by atoms with Crippen LogP contribution in [-0.4, -0.2) is 14.9 Å². The molecule has 2 rings (SSSR count). The van der Waals surface area contributed by atoms with Crippen LogP contribution in [0, 0.1) is 5.92 Å². The maximum absolute atomic E-state index is 10.6. The molecule has 1 atom stereocenters. The minimum atomic E-state index is -0.758. The van der Waals surface area contributed by atoms with E-state index in [2.05, 4.69) is 28.0 Å². The SMILES string of the molecule is CCCn1ncc(Br)c1C(C)(O)CC1CC1. The van der Waals surface area contributed by atoms with Gasteiger partial charge in [0, 0.05) is 6.54 Å². The summed E-state index contributed by atoms with van der Waals surface area (Å²) in [7, 11) is 0. The summed E-state index contributed by atoms with van der Waals surface area (Å²) in [6.45, 7) is 4.88. The van der Waals surface area contributed by atoms with Crippen LogP contribution in [-0.2, 0) is 12.1 Å². The first-order valence-corrected chi connectivity index (χ1v) is 6.78. The summed E-state index contributed by atoms with van der Waals surface area (Å²) < 4.78 is 2.85. The lowest BCUT2D eigenvalue weighted by Gasteiger charge is -2.25. The van der Waals surface area contributed by atoms with E-state index in [1.165, 1.54) is 12.8 Å². The Morgan fingerprint density at radius 3 is 2.88 bits per heavy atom. The topological polar surface area (TPSA) is 38.0 Å². The summed E-state index contributed by atoms with van der Waals surface area (Å²) in [4.78, 5) is 0. The van der Waals surface area contributed by atoms with Gasteiger partial charge in [0.15, 0.2) is 0 Å². The van der Waals surface area contributed by atoms with E-state index in [9.17, 15) is 5.11 Å². The van der Waals surface area contributed by atoms with Gasteiger partial charge in [-0.1, -0.05) is 19.8 Å². The minimum Gasteiger partial charge on any atom is -0.384 e. The number of nitrogens with zero attached hydrogens (tertiary/aromatic N) is 2. The molecule has 1 saturated carbocycles. The molecule has 1 aromatic rings. The van der Waals surface area contributed by atoms with E-state index in [4.69, 9.17) is 0 Å². The Hall–Kier alpha value is -0.350. The Morgan fingerprint density at radius 1 is 1.62 bits per heavy atom.